The Morgan fingerprint density at radius 1 is 1.62 bits per heavy atom. The van der Waals surface area contributed by atoms with E-state index in [0.717, 1.165) is 6.42 Å². The van der Waals surface area contributed by atoms with Gasteiger partial charge >= 0.3 is 6.09 Å². The maximum absolute atomic E-state index is 11.7. The maximum Gasteiger partial charge on any atom is 0.410 e. The largest absolute Gasteiger partial charge is 0.445 e. The lowest BCUT2D eigenvalue weighted by atomic mass is 10.1. The quantitative estimate of drug-likeness (QED) is 0.408. The van der Waals surface area contributed by atoms with Crippen LogP contribution in [0, 0.1) is 5.92 Å². The number of ether oxygens (including phenoxy) is 1. The first kappa shape index (κ1) is 13.0. The normalized spacial score (nSPS) is 24.5. The first-order valence-electron chi connectivity index (χ1n) is 5.39. The fourth-order valence-electron chi connectivity index (χ4n) is 1.89. The van der Waals surface area contributed by atoms with Crippen molar-refractivity contribution >= 4 is 6.09 Å². The molecule has 0 spiro atoms. The van der Waals surface area contributed by atoms with Crippen molar-refractivity contribution in [2.24, 2.45) is 5.92 Å². The van der Waals surface area contributed by atoms with Gasteiger partial charge in [0, 0.05) is 6.54 Å². The lowest BCUT2D eigenvalue weighted by Crippen LogP contribution is -2.38. The van der Waals surface area contributed by atoms with Crippen molar-refractivity contribution in [3.05, 3.63) is 12.7 Å². The lowest BCUT2D eigenvalue weighted by molar-refractivity contribution is -0.278. The molecule has 5 heteroatoms. The molecule has 1 saturated heterocycles. The molecule has 0 saturated carbocycles. The molecule has 0 bridgehead atoms. The van der Waals surface area contributed by atoms with Gasteiger partial charge in [0.05, 0.1) is 13.2 Å². The highest BCUT2D eigenvalue weighted by atomic mass is 17.2. The Bertz CT molecular complexity index is 244. The number of carbonyl (C=O) groups is 1. The van der Waals surface area contributed by atoms with Gasteiger partial charge in [-0.1, -0.05) is 19.6 Å². The minimum Gasteiger partial charge on any atom is -0.445 e. The average Bonchev–Trinajstić information content (AvgIpc) is 2.64. The first-order valence-corrected chi connectivity index (χ1v) is 5.39. The van der Waals surface area contributed by atoms with Gasteiger partial charge in [0.25, 0.3) is 0 Å². The highest BCUT2D eigenvalue weighted by molar-refractivity contribution is 5.68. The van der Waals surface area contributed by atoms with E-state index in [1.807, 2.05) is 0 Å². The van der Waals surface area contributed by atoms with Crippen molar-refractivity contribution in [1.82, 2.24) is 4.90 Å². The third-order valence-electron chi connectivity index (χ3n) is 2.56. The zero-order valence-corrected chi connectivity index (χ0v) is 9.85. The highest BCUT2D eigenvalue weighted by Crippen LogP contribution is 2.23. The van der Waals surface area contributed by atoms with E-state index in [0.29, 0.717) is 19.1 Å². The smallest absolute Gasteiger partial charge is 0.410 e. The van der Waals surface area contributed by atoms with E-state index in [9.17, 15) is 4.79 Å². The predicted molar refractivity (Wildman–Crippen MR) is 58.8 cm³/mol. The summed E-state index contributed by atoms with van der Waals surface area (Å²) in [7, 11) is 1.46. The monoisotopic (exact) mass is 229 g/mol. The van der Waals surface area contributed by atoms with Gasteiger partial charge in [-0.3, -0.25) is 0 Å². The summed E-state index contributed by atoms with van der Waals surface area (Å²) in [5.74, 6) is 0.460. The van der Waals surface area contributed by atoms with Crippen molar-refractivity contribution in [1.29, 1.82) is 0 Å². The first-order chi connectivity index (χ1) is 7.69. The summed E-state index contributed by atoms with van der Waals surface area (Å²) >= 11 is 0. The molecule has 0 aliphatic carbocycles. The van der Waals surface area contributed by atoms with Crippen LogP contribution in [0.4, 0.5) is 4.79 Å². The molecule has 0 aromatic carbocycles. The third-order valence-corrected chi connectivity index (χ3v) is 2.56. The van der Waals surface area contributed by atoms with E-state index in [4.69, 9.17) is 9.62 Å². The van der Waals surface area contributed by atoms with E-state index in [2.05, 4.69) is 18.4 Å². The standard InChI is InChI=1S/C11H19NO4/c1-4-5-15-11(13)12-7-9(2)6-10(12)8-16-14-3/h4,9-10H,1,5-8H2,2-3H3. The van der Waals surface area contributed by atoms with Gasteiger partial charge < -0.3 is 9.64 Å². The molecule has 0 aromatic heterocycles. The van der Waals surface area contributed by atoms with Crippen LogP contribution in [0.15, 0.2) is 12.7 Å². The molecule has 92 valence electrons. The number of rotatable bonds is 5. The van der Waals surface area contributed by atoms with Gasteiger partial charge in [-0.05, 0) is 12.3 Å². The summed E-state index contributed by atoms with van der Waals surface area (Å²) in [5.41, 5.74) is 0. The summed E-state index contributed by atoms with van der Waals surface area (Å²) in [4.78, 5) is 22.8. The third kappa shape index (κ3) is 3.50. The summed E-state index contributed by atoms with van der Waals surface area (Å²) in [6.45, 7) is 6.92. The van der Waals surface area contributed by atoms with E-state index in [1.54, 1.807) is 11.0 Å². The van der Waals surface area contributed by atoms with Gasteiger partial charge in [0.2, 0.25) is 0 Å². The second kappa shape index (κ2) is 6.50. The Hall–Kier alpha value is -1.07. The van der Waals surface area contributed by atoms with Gasteiger partial charge in [-0.15, -0.1) is 0 Å². The Balaban J connectivity index is 2.47. The molecule has 1 aliphatic heterocycles. The molecule has 2 atom stereocenters. The Morgan fingerprint density at radius 2 is 2.38 bits per heavy atom. The minimum absolute atomic E-state index is 0.0345. The van der Waals surface area contributed by atoms with Crippen LogP contribution < -0.4 is 0 Å². The van der Waals surface area contributed by atoms with Crippen LogP contribution in [0.3, 0.4) is 0 Å². The number of hydrogen-bond donors (Lipinski definition) is 0. The number of hydrogen-bond acceptors (Lipinski definition) is 4. The summed E-state index contributed by atoms with van der Waals surface area (Å²) in [6.07, 6.45) is 2.15. The SMILES string of the molecule is C=CCOC(=O)N1CC(C)CC1COOC. The highest BCUT2D eigenvalue weighted by Gasteiger charge is 2.34. The zero-order chi connectivity index (χ0) is 12.0. The number of amides is 1. The van der Waals surface area contributed by atoms with Crippen LogP contribution in [0.2, 0.25) is 0 Å². The Morgan fingerprint density at radius 3 is 3.00 bits per heavy atom. The fourth-order valence-corrected chi connectivity index (χ4v) is 1.89. The van der Waals surface area contributed by atoms with Crippen LogP contribution in [-0.2, 0) is 14.5 Å². The molecule has 1 fully saturated rings. The summed E-state index contributed by atoms with van der Waals surface area (Å²) < 4.78 is 5.01. The van der Waals surface area contributed by atoms with E-state index < -0.39 is 0 Å². The van der Waals surface area contributed by atoms with E-state index in [1.165, 1.54) is 7.11 Å². The molecule has 1 heterocycles. The maximum atomic E-state index is 11.7. The number of likely N-dealkylation sites (tertiary alicyclic amines) is 1. The number of nitrogens with zero attached hydrogens (tertiary/aromatic N) is 1. The lowest BCUT2D eigenvalue weighted by Gasteiger charge is -2.22. The van der Waals surface area contributed by atoms with Gasteiger partial charge in [0.15, 0.2) is 0 Å². The van der Waals surface area contributed by atoms with Crippen molar-refractivity contribution < 1.29 is 19.3 Å². The summed E-state index contributed by atoms with van der Waals surface area (Å²) in [6, 6.07) is 0.0345. The molecule has 2 unspecified atom stereocenters. The van der Waals surface area contributed by atoms with Crippen LogP contribution in [-0.4, -0.2) is 43.9 Å². The topological polar surface area (TPSA) is 48.0 Å². The fraction of sp³-hybridized carbons (Fsp3) is 0.727. The zero-order valence-electron chi connectivity index (χ0n) is 9.85. The molecular formula is C11H19NO4. The number of carbonyl (C=O) groups excluding carboxylic acids is 1. The minimum atomic E-state index is -0.311. The average molecular weight is 229 g/mol. The molecule has 0 N–H and O–H groups in total. The Labute approximate surface area is 95.9 Å². The van der Waals surface area contributed by atoms with Gasteiger partial charge in [0.1, 0.15) is 13.2 Å². The molecule has 0 radical (unpaired) electrons. The van der Waals surface area contributed by atoms with Crippen LogP contribution in [0.5, 0.6) is 0 Å². The van der Waals surface area contributed by atoms with Crippen molar-refractivity contribution in [3.63, 3.8) is 0 Å². The van der Waals surface area contributed by atoms with Crippen LogP contribution >= 0.6 is 0 Å². The van der Waals surface area contributed by atoms with E-state index in [-0.39, 0.29) is 18.7 Å². The van der Waals surface area contributed by atoms with Crippen LogP contribution in [0.1, 0.15) is 13.3 Å². The van der Waals surface area contributed by atoms with E-state index >= 15 is 0 Å². The van der Waals surface area contributed by atoms with Crippen molar-refractivity contribution in [2.75, 3.05) is 26.9 Å². The molecule has 16 heavy (non-hydrogen) atoms. The molecule has 1 amide bonds. The molecule has 0 aromatic rings. The molecular weight excluding hydrogens is 210 g/mol. The van der Waals surface area contributed by atoms with Crippen LogP contribution in [0.25, 0.3) is 0 Å². The van der Waals surface area contributed by atoms with Crippen molar-refractivity contribution in [2.45, 2.75) is 19.4 Å². The molecule has 5 nitrogen and oxygen atoms in total. The molecule has 1 aliphatic rings. The second-order valence-corrected chi connectivity index (χ2v) is 3.96. The van der Waals surface area contributed by atoms with Gasteiger partial charge in [-0.2, -0.15) is 0 Å². The second-order valence-electron chi connectivity index (χ2n) is 3.96. The predicted octanol–water partition coefficient (Wildman–Crippen LogP) is 1.60. The Kier molecular flexibility index (Phi) is 5.28. The summed E-state index contributed by atoms with van der Waals surface area (Å²) in [5, 5.41) is 0. The molecule has 1 rings (SSSR count). The van der Waals surface area contributed by atoms with Gasteiger partial charge in [-0.25, -0.2) is 14.6 Å². The van der Waals surface area contributed by atoms with Crippen molar-refractivity contribution in [3.8, 4) is 0 Å².